The lowest BCUT2D eigenvalue weighted by atomic mass is 9.71. The maximum Gasteiger partial charge on any atom is 0.224 e. The molecule has 0 saturated heterocycles. The molecule has 3 heterocycles. The number of pyridine rings is 1. The van der Waals surface area contributed by atoms with Crippen LogP contribution >= 0.6 is 27.5 Å². The van der Waals surface area contributed by atoms with Gasteiger partial charge in [0.1, 0.15) is 10.9 Å². The number of aromatic nitrogens is 1. The van der Waals surface area contributed by atoms with Crippen LogP contribution in [-0.4, -0.2) is 48.4 Å². The predicted molar refractivity (Wildman–Crippen MR) is 186 cm³/mol. The molecule has 6 rings (SSSR count). The lowest BCUT2D eigenvalue weighted by Crippen LogP contribution is -2.60. The van der Waals surface area contributed by atoms with Crippen LogP contribution < -0.4 is 14.4 Å². The van der Waals surface area contributed by atoms with Crippen LogP contribution in [0.1, 0.15) is 43.4 Å². The Bertz CT molecular complexity index is 1590. The van der Waals surface area contributed by atoms with Gasteiger partial charge in [0, 0.05) is 41.7 Å². The third-order valence-corrected chi connectivity index (χ3v) is 16.2. The molecule has 1 aromatic heterocycles. The highest BCUT2D eigenvalue weighted by Crippen LogP contribution is 2.73. The molecule has 0 unspecified atom stereocenters. The molecular formula is C34H44BrClN2O4Si2. The molecule has 1 saturated carbocycles. The zero-order valence-corrected chi connectivity index (χ0v) is 31.8. The summed E-state index contributed by atoms with van der Waals surface area (Å²) in [5, 5.41) is 0.278. The number of halogens is 2. The van der Waals surface area contributed by atoms with E-state index < -0.39 is 27.8 Å². The number of benzene rings is 2. The van der Waals surface area contributed by atoms with Crippen molar-refractivity contribution in [1.82, 2.24) is 4.98 Å². The average Bonchev–Trinajstić information content (AvgIpc) is 3.26. The lowest BCUT2D eigenvalue weighted by Gasteiger charge is -2.50. The smallest absolute Gasteiger partial charge is 0.224 e. The molecule has 6 nitrogen and oxygen atoms in total. The van der Waals surface area contributed by atoms with Crippen molar-refractivity contribution in [2.45, 2.75) is 81.8 Å². The van der Waals surface area contributed by atoms with E-state index in [1.807, 2.05) is 6.07 Å². The number of nitrogens with zero attached hydrogens (tertiary/aromatic N) is 2. The van der Waals surface area contributed by atoms with Gasteiger partial charge in [-0.15, -0.1) is 0 Å². The summed E-state index contributed by atoms with van der Waals surface area (Å²) in [6.45, 7) is 19.0. The number of ether oxygens (including phenoxy) is 2. The monoisotopic (exact) mass is 714 g/mol. The van der Waals surface area contributed by atoms with Crippen LogP contribution in [0.15, 0.2) is 59.1 Å². The maximum absolute atomic E-state index is 7.74. The van der Waals surface area contributed by atoms with Crippen LogP contribution in [0.5, 0.6) is 11.6 Å². The van der Waals surface area contributed by atoms with E-state index in [0.717, 1.165) is 22.1 Å². The molecule has 0 radical (unpaired) electrons. The topological polar surface area (TPSA) is 53.0 Å². The molecule has 2 bridgehead atoms. The minimum Gasteiger partial charge on any atom is -0.481 e. The summed E-state index contributed by atoms with van der Waals surface area (Å²) in [7, 11) is -0.914. The summed E-state index contributed by atoms with van der Waals surface area (Å²) in [5.74, 6) is 0.962. The van der Waals surface area contributed by atoms with Crippen molar-refractivity contribution in [3.8, 4) is 11.6 Å². The second kappa shape index (κ2) is 10.6. The minimum atomic E-state index is -2.39. The van der Waals surface area contributed by atoms with Crippen molar-refractivity contribution in [3.05, 3.63) is 80.9 Å². The summed E-state index contributed by atoms with van der Waals surface area (Å²) >= 11 is 10.3. The molecule has 0 N–H and O–H groups in total. The fourth-order valence-corrected chi connectivity index (χ4v) is 10.6. The third-order valence-electron chi connectivity index (χ3n) is 10.1. The Labute approximate surface area is 277 Å². The summed E-state index contributed by atoms with van der Waals surface area (Å²) in [6.07, 6.45) is -0.376. The molecule has 1 aliphatic carbocycles. The van der Waals surface area contributed by atoms with Gasteiger partial charge in [-0.2, -0.15) is 0 Å². The van der Waals surface area contributed by atoms with Gasteiger partial charge in [0.05, 0.1) is 18.8 Å². The Kier molecular flexibility index (Phi) is 7.70. The highest BCUT2D eigenvalue weighted by molar-refractivity contribution is 9.10. The van der Waals surface area contributed by atoms with Crippen LogP contribution in [0.25, 0.3) is 0 Å². The Morgan fingerprint density at radius 3 is 2.34 bits per heavy atom. The highest BCUT2D eigenvalue weighted by atomic mass is 79.9. The Balaban J connectivity index is 1.79. The van der Waals surface area contributed by atoms with Gasteiger partial charge < -0.3 is 23.2 Å². The zero-order valence-electron chi connectivity index (χ0n) is 27.4. The van der Waals surface area contributed by atoms with E-state index in [1.165, 1.54) is 11.3 Å². The Hall–Kier alpha value is -1.89. The van der Waals surface area contributed by atoms with Crippen molar-refractivity contribution >= 4 is 49.9 Å². The first kappa shape index (κ1) is 32.1. The van der Waals surface area contributed by atoms with Crippen molar-refractivity contribution in [2.24, 2.45) is 5.92 Å². The van der Waals surface area contributed by atoms with E-state index in [0.29, 0.717) is 16.8 Å². The van der Waals surface area contributed by atoms with Crippen LogP contribution in [-0.2, 0) is 20.1 Å². The normalized spacial score (nSPS) is 27.7. The van der Waals surface area contributed by atoms with E-state index >= 15 is 0 Å². The number of methoxy groups -OCH3 is 1. The summed E-state index contributed by atoms with van der Waals surface area (Å²) in [4.78, 5) is 7.08. The van der Waals surface area contributed by atoms with Gasteiger partial charge in [0.2, 0.25) is 5.88 Å². The predicted octanol–water partition coefficient (Wildman–Crippen LogP) is 9.09. The van der Waals surface area contributed by atoms with Crippen LogP contribution in [0.4, 0.5) is 5.69 Å². The fraction of sp³-hybridized carbons (Fsp3) is 0.500. The van der Waals surface area contributed by atoms with Crippen molar-refractivity contribution in [3.63, 3.8) is 0 Å². The molecule has 1 fully saturated rings. The van der Waals surface area contributed by atoms with Gasteiger partial charge in [-0.25, -0.2) is 4.98 Å². The number of rotatable bonds is 6. The molecule has 3 aromatic rings. The van der Waals surface area contributed by atoms with Gasteiger partial charge in [0.15, 0.2) is 27.8 Å². The second-order valence-electron chi connectivity index (χ2n) is 15.0. The minimum absolute atomic E-state index is 0.0163. The highest BCUT2D eigenvalue weighted by Gasteiger charge is 2.80. The standard InChI is InChI=1S/C34H44BrClN2O4Si2/c1-32(2,3)44(9,10)41-30-25-20-38(4)24-13-11-12-21(18-24)28(25)33(22-14-16-23(35)17-15-22)34(30,42-43(6,7)8)29-26(40-33)19-27(36)37-31(29)39-5/h11-19,25,28,30H,20H2,1-10H3/t25-,28-,30-,33+,34+/m1/s1. The molecule has 0 spiro atoms. The van der Waals surface area contributed by atoms with Crippen molar-refractivity contribution in [2.75, 3.05) is 25.6 Å². The molecule has 2 aromatic carbocycles. The SMILES string of the molecule is COc1nc(Cl)cc2c1[C@]1(O[Si](C)(C)C)[C@H](O[Si](C)(C)C(C)(C)C)[C@@H]3CN(C)c4cccc(c4)[C@H]3[C@]1(c1ccc(Br)cc1)O2. The second-order valence-corrected chi connectivity index (χ2v) is 25.5. The lowest BCUT2D eigenvalue weighted by molar-refractivity contribution is -0.135. The van der Waals surface area contributed by atoms with Gasteiger partial charge in [-0.3, -0.25) is 0 Å². The number of hydrogen-bond donors (Lipinski definition) is 0. The van der Waals surface area contributed by atoms with E-state index in [2.05, 4.69) is 130 Å². The molecular weight excluding hydrogens is 672 g/mol. The van der Waals surface area contributed by atoms with Gasteiger partial charge >= 0.3 is 0 Å². The number of hydrogen-bond acceptors (Lipinski definition) is 6. The molecule has 2 aliphatic heterocycles. The van der Waals surface area contributed by atoms with Gasteiger partial charge in [-0.1, -0.05) is 72.6 Å². The first-order valence-electron chi connectivity index (χ1n) is 15.3. The average molecular weight is 716 g/mol. The summed E-state index contributed by atoms with van der Waals surface area (Å²) in [5.41, 5.74) is 2.13. The Morgan fingerprint density at radius 2 is 1.73 bits per heavy atom. The van der Waals surface area contributed by atoms with Crippen LogP contribution in [0.3, 0.4) is 0 Å². The summed E-state index contributed by atoms with van der Waals surface area (Å²) in [6, 6.07) is 19.2. The first-order valence-corrected chi connectivity index (χ1v) is 22.8. The van der Waals surface area contributed by atoms with Crippen molar-refractivity contribution in [1.29, 1.82) is 0 Å². The van der Waals surface area contributed by atoms with E-state index in [1.54, 1.807) is 7.11 Å². The number of fused-ring (bicyclic) bond motifs is 8. The molecule has 44 heavy (non-hydrogen) atoms. The molecule has 10 heteroatoms. The molecule has 236 valence electrons. The molecule has 3 aliphatic rings. The van der Waals surface area contributed by atoms with Crippen molar-refractivity contribution < 1.29 is 18.3 Å². The Morgan fingerprint density at radius 1 is 1.05 bits per heavy atom. The maximum atomic E-state index is 7.74. The van der Waals surface area contributed by atoms with E-state index in [-0.39, 0.29) is 23.0 Å². The molecule has 5 atom stereocenters. The zero-order chi connectivity index (χ0) is 32.0. The van der Waals surface area contributed by atoms with Crippen LogP contribution in [0.2, 0.25) is 42.9 Å². The first-order chi connectivity index (χ1) is 20.4. The van der Waals surface area contributed by atoms with Crippen LogP contribution in [0, 0.1) is 5.92 Å². The van der Waals surface area contributed by atoms with Gasteiger partial charge in [0.25, 0.3) is 0 Å². The van der Waals surface area contributed by atoms with E-state index in [4.69, 9.17) is 34.9 Å². The summed E-state index contributed by atoms with van der Waals surface area (Å²) < 4.78 is 30.0. The van der Waals surface area contributed by atoms with E-state index in [9.17, 15) is 0 Å². The fourth-order valence-electron chi connectivity index (χ4n) is 7.45. The number of anilines is 1. The quantitative estimate of drug-likeness (QED) is 0.188. The largest absolute Gasteiger partial charge is 0.481 e. The molecule has 0 amide bonds. The van der Waals surface area contributed by atoms with Gasteiger partial charge in [-0.05, 0) is 73.2 Å². The third kappa shape index (κ3) is 4.71.